The highest BCUT2D eigenvalue weighted by atomic mass is 32.2. The van der Waals surface area contributed by atoms with Crippen molar-refractivity contribution in [3.63, 3.8) is 0 Å². The Hall–Kier alpha value is -3.18. The van der Waals surface area contributed by atoms with E-state index in [2.05, 4.69) is 0 Å². The number of fused-ring (bicyclic) bond motifs is 1. The van der Waals surface area contributed by atoms with Crippen LogP contribution < -0.4 is 0 Å². The molecule has 0 N–H and O–H groups in total. The molecule has 4 rings (SSSR count). The van der Waals surface area contributed by atoms with Gasteiger partial charge in [0.05, 0.1) is 4.90 Å². The van der Waals surface area contributed by atoms with E-state index in [1.54, 1.807) is 42.5 Å². The number of hydrogen-bond donors (Lipinski definition) is 0. The van der Waals surface area contributed by atoms with Crippen molar-refractivity contribution < 1.29 is 13.2 Å². The highest BCUT2D eigenvalue weighted by Crippen LogP contribution is 2.24. The Balaban J connectivity index is 1.84. The summed E-state index contributed by atoms with van der Waals surface area (Å²) in [5.74, 6) is -0.326. The molecular weight excluding hydrogens is 358 g/mol. The minimum absolute atomic E-state index is 0.118. The summed E-state index contributed by atoms with van der Waals surface area (Å²) in [6.07, 6.45) is 1.41. The summed E-state index contributed by atoms with van der Waals surface area (Å²) >= 11 is 0. The van der Waals surface area contributed by atoms with Gasteiger partial charge in [0.1, 0.15) is 5.69 Å². The average molecular weight is 375 g/mol. The van der Waals surface area contributed by atoms with E-state index in [1.165, 1.54) is 12.3 Å². The van der Waals surface area contributed by atoms with Crippen LogP contribution in [0.15, 0.2) is 90.0 Å². The van der Waals surface area contributed by atoms with E-state index in [9.17, 15) is 13.2 Å². The average Bonchev–Trinajstić information content (AvgIpc) is 3.18. The predicted molar refractivity (Wildman–Crippen MR) is 106 cm³/mol. The molecule has 0 spiro atoms. The lowest BCUT2D eigenvalue weighted by atomic mass is 10.00. The molecule has 0 aliphatic heterocycles. The molecule has 0 unspecified atom stereocenters. The van der Waals surface area contributed by atoms with Gasteiger partial charge in [-0.3, -0.25) is 4.79 Å². The summed E-state index contributed by atoms with van der Waals surface area (Å²) in [6, 6.07) is 22.7. The molecule has 0 aliphatic carbocycles. The Kier molecular flexibility index (Phi) is 4.16. The molecule has 5 heteroatoms. The van der Waals surface area contributed by atoms with Crippen molar-refractivity contribution in [1.82, 2.24) is 3.97 Å². The van der Waals surface area contributed by atoms with Gasteiger partial charge in [-0.25, -0.2) is 12.4 Å². The first-order valence-corrected chi connectivity index (χ1v) is 9.94. The van der Waals surface area contributed by atoms with Crippen LogP contribution in [-0.4, -0.2) is 18.2 Å². The van der Waals surface area contributed by atoms with E-state index in [0.29, 0.717) is 5.56 Å². The molecular formula is C22H17NO3S. The van der Waals surface area contributed by atoms with Crippen LogP contribution >= 0.6 is 0 Å². The number of aryl methyl sites for hydroxylation is 1. The van der Waals surface area contributed by atoms with Crippen molar-refractivity contribution >= 4 is 26.6 Å². The van der Waals surface area contributed by atoms with Crippen LogP contribution in [0.4, 0.5) is 0 Å². The molecule has 0 saturated heterocycles. The van der Waals surface area contributed by atoms with Gasteiger partial charge in [0.15, 0.2) is 0 Å². The second kappa shape index (κ2) is 6.52. The molecule has 4 nitrogen and oxygen atoms in total. The molecule has 1 heterocycles. The van der Waals surface area contributed by atoms with Crippen molar-refractivity contribution in [3.8, 4) is 0 Å². The molecule has 0 atom stereocenters. The first kappa shape index (κ1) is 17.2. The van der Waals surface area contributed by atoms with Crippen LogP contribution in [0.3, 0.4) is 0 Å². The van der Waals surface area contributed by atoms with Gasteiger partial charge in [0, 0.05) is 11.8 Å². The fourth-order valence-corrected chi connectivity index (χ4v) is 4.48. The first-order valence-electron chi connectivity index (χ1n) is 8.50. The largest absolute Gasteiger partial charge is 0.287 e. The van der Waals surface area contributed by atoms with Gasteiger partial charge >= 0.3 is 0 Å². The third-order valence-corrected chi connectivity index (χ3v) is 6.26. The number of carbonyl (C=O) groups is 1. The number of benzene rings is 3. The zero-order valence-electron chi connectivity index (χ0n) is 14.7. The van der Waals surface area contributed by atoms with Crippen LogP contribution in [0.1, 0.15) is 21.6 Å². The predicted octanol–water partition coefficient (Wildman–Crippen LogP) is 4.42. The second-order valence-corrected chi connectivity index (χ2v) is 8.18. The van der Waals surface area contributed by atoms with Gasteiger partial charge < -0.3 is 0 Å². The van der Waals surface area contributed by atoms with E-state index in [0.717, 1.165) is 20.3 Å². The Bertz CT molecular complexity index is 1250. The first-order chi connectivity index (χ1) is 13.0. The Morgan fingerprint density at radius 3 is 2.30 bits per heavy atom. The zero-order valence-corrected chi connectivity index (χ0v) is 15.5. The SMILES string of the molecule is Cc1ccc(S(=O)(=O)n2cccc2C(=O)c2cccc3ccccc23)cc1. The lowest BCUT2D eigenvalue weighted by Crippen LogP contribution is -2.18. The number of aromatic nitrogens is 1. The molecule has 0 bridgehead atoms. The third-order valence-electron chi connectivity index (χ3n) is 4.56. The fraction of sp³-hybridized carbons (Fsp3) is 0.0455. The Morgan fingerprint density at radius 2 is 1.52 bits per heavy atom. The van der Waals surface area contributed by atoms with Crippen molar-refractivity contribution in [1.29, 1.82) is 0 Å². The summed E-state index contributed by atoms with van der Waals surface area (Å²) in [4.78, 5) is 13.3. The van der Waals surface area contributed by atoms with Gasteiger partial charge in [-0.15, -0.1) is 0 Å². The molecule has 1 aromatic heterocycles. The van der Waals surface area contributed by atoms with Crippen LogP contribution in [0.5, 0.6) is 0 Å². The minimum Gasteiger partial charge on any atom is -0.287 e. The van der Waals surface area contributed by atoms with Crippen molar-refractivity contribution in [2.24, 2.45) is 0 Å². The van der Waals surface area contributed by atoms with E-state index >= 15 is 0 Å². The molecule has 0 radical (unpaired) electrons. The summed E-state index contributed by atoms with van der Waals surface area (Å²) in [6.45, 7) is 1.89. The Labute approximate surface area is 157 Å². The molecule has 3 aromatic carbocycles. The fourth-order valence-electron chi connectivity index (χ4n) is 3.14. The number of ketones is 1. The van der Waals surface area contributed by atoms with E-state index in [4.69, 9.17) is 0 Å². The van der Waals surface area contributed by atoms with Crippen LogP contribution in [0.2, 0.25) is 0 Å². The monoisotopic (exact) mass is 375 g/mol. The highest BCUT2D eigenvalue weighted by molar-refractivity contribution is 7.90. The van der Waals surface area contributed by atoms with Crippen molar-refractivity contribution in [3.05, 3.63) is 102 Å². The molecule has 0 aliphatic rings. The van der Waals surface area contributed by atoms with Crippen LogP contribution in [0, 0.1) is 6.92 Å². The van der Waals surface area contributed by atoms with Gasteiger partial charge in [-0.2, -0.15) is 0 Å². The maximum Gasteiger partial charge on any atom is 0.268 e. The standard InChI is InChI=1S/C22H17NO3S/c1-16-11-13-18(14-12-16)27(25,26)23-15-5-10-21(23)22(24)20-9-4-7-17-6-2-3-8-19(17)20/h2-15H,1H3. The summed E-state index contributed by atoms with van der Waals surface area (Å²) in [5, 5.41) is 1.73. The minimum atomic E-state index is -3.85. The quantitative estimate of drug-likeness (QED) is 0.496. The number of nitrogens with zero attached hydrogens (tertiary/aromatic N) is 1. The van der Waals surface area contributed by atoms with E-state index in [1.807, 2.05) is 37.3 Å². The zero-order chi connectivity index (χ0) is 19.0. The van der Waals surface area contributed by atoms with Crippen molar-refractivity contribution in [2.45, 2.75) is 11.8 Å². The maximum atomic E-state index is 13.2. The summed E-state index contributed by atoms with van der Waals surface area (Å²) in [7, 11) is -3.85. The molecule has 0 amide bonds. The third kappa shape index (κ3) is 2.96. The number of carbonyl (C=O) groups excluding carboxylic acids is 1. The Morgan fingerprint density at radius 1 is 0.815 bits per heavy atom. The topological polar surface area (TPSA) is 56.1 Å². The molecule has 0 fully saturated rings. The normalized spacial score (nSPS) is 11.6. The van der Waals surface area contributed by atoms with E-state index in [-0.39, 0.29) is 16.4 Å². The maximum absolute atomic E-state index is 13.2. The smallest absolute Gasteiger partial charge is 0.268 e. The summed E-state index contributed by atoms with van der Waals surface area (Å²) < 4.78 is 27.1. The number of hydrogen-bond acceptors (Lipinski definition) is 3. The van der Waals surface area contributed by atoms with Crippen LogP contribution in [0.25, 0.3) is 10.8 Å². The van der Waals surface area contributed by atoms with Crippen LogP contribution in [-0.2, 0) is 10.0 Å². The lowest BCUT2D eigenvalue weighted by molar-refractivity contribution is 0.103. The van der Waals surface area contributed by atoms with Crippen molar-refractivity contribution in [2.75, 3.05) is 0 Å². The van der Waals surface area contributed by atoms with Gasteiger partial charge in [-0.1, -0.05) is 60.2 Å². The highest BCUT2D eigenvalue weighted by Gasteiger charge is 2.24. The second-order valence-electron chi connectivity index (χ2n) is 6.36. The summed E-state index contributed by atoms with van der Waals surface area (Å²) in [5.41, 5.74) is 1.56. The van der Waals surface area contributed by atoms with Gasteiger partial charge in [0.2, 0.25) is 5.78 Å². The number of rotatable bonds is 4. The molecule has 4 aromatic rings. The van der Waals surface area contributed by atoms with Gasteiger partial charge in [0.25, 0.3) is 10.0 Å². The van der Waals surface area contributed by atoms with E-state index < -0.39 is 10.0 Å². The molecule has 134 valence electrons. The molecule has 27 heavy (non-hydrogen) atoms. The lowest BCUT2D eigenvalue weighted by Gasteiger charge is -2.11. The molecule has 0 saturated carbocycles. The van der Waals surface area contributed by atoms with Gasteiger partial charge in [-0.05, 0) is 42.0 Å².